The molecule has 2 aliphatic carbocycles. The van der Waals surface area contributed by atoms with Gasteiger partial charge in [0.2, 0.25) is 17.5 Å². The quantitative estimate of drug-likeness (QED) is 0.466. The van der Waals surface area contributed by atoms with Crippen molar-refractivity contribution in [2.24, 2.45) is 16.2 Å². The molecule has 8 heteroatoms. The summed E-state index contributed by atoms with van der Waals surface area (Å²) in [5.41, 5.74) is -0.280. The van der Waals surface area contributed by atoms with Crippen molar-refractivity contribution < 1.29 is 22.8 Å². The molecule has 2 N–H and O–H groups in total. The highest BCUT2D eigenvalue weighted by atomic mass is 32.2. The molecule has 7 nitrogen and oxygen atoms in total. The van der Waals surface area contributed by atoms with Crippen molar-refractivity contribution >= 4 is 27.5 Å². The third-order valence-electron chi connectivity index (χ3n) is 6.56. The number of fused-ring (bicyclic) bond motifs is 2. The number of carbonyl (C=O) groups excluding carboxylic acids is 3. The molecule has 2 fully saturated rings. The minimum atomic E-state index is -3.98. The van der Waals surface area contributed by atoms with Gasteiger partial charge in [0, 0.05) is 5.41 Å². The van der Waals surface area contributed by atoms with Crippen LogP contribution in [0.15, 0.2) is 29.2 Å². The highest BCUT2D eigenvalue weighted by Crippen LogP contribution is 2.68. The number of benzene rings is 1. The van der Waals surface area contributed by atoms with E-state index in [1.165, 1.54) is 12.1 Å². The topological polar surface area (TPSA) is 109 Å². The zero-order valence-electron chi connectivity index (χ0n) is 15.2. The van der Waals surface area contributed by atoms with Gasteiger partial charge in [-0.05, 0) is 37.3 Å². The van der Waals surface area contributed by atoms with Crippen molar-refractivity contribution in [3.8, 4) is 0 Å². The molecule has 3 rings (SSSR count). The summed E-state index contributed by atoms with van der Waals surface area (Å²) >= 11 is 0. The molecule has 2 aliphatic rings. The molecule has 2 atom stereocenters. The van der Waals surface area contributed by atoms with E-state index < -0.39 is 43.7 Å². The Hall–Kier alpha value is -2.06. The summed E-state index contributed by atoms with van der Waals surface area (Å²) in [5, 5.41) is 0. The first-order valence-corrected chi connectivity index (χ1v) is 9.87. The lowest BCUT2D eigenvalue weighted by Crippen LogP contribution is -2.55. The van der Waals surface area contributed by atoms with Crippen molar-refractivity contribution in [3.05, 3.63) is 29.8 Å². The highest BCUT2D eigenvalue weighted by Gasteiger charge is 2.77. The summed E-state index contributed by atoms with van der Waals surface area (Å²) in [6, 6.07) is 6.12. The van der Waals surface area contributed by atoms with Crippen molar-refractivity contribution in [2.45, 2.75) is 45.4 Å². The van der Waals surface area contributed by atoms with Crippen LogP contribution in [-0.4, -0.2) is 25.9 Å². The van der Waals surface area contributed by atoms with Crippen molar-refractivity contribution in [2.75, 3.05) is 0 Å². The summed E-state index contributed by atoms with van der Waals surface area (Å²) in [4.78, 5) is 39.9. The molecule has 2 unspecified atom stereocenters. The Morgan fingerprint density at radius 1 is 1.00 bits per heavy atom. The molecule has 2 saturated carbocycles. The molecule has 26 heavy (non-hydrogen) atoms. The number of sulfonamides is 1. The van der Waals surface area contributed by atoms with Crippen molar-refractivity contribution in [1.82, 2.24) is 10.3 Å². The summed E-state index contributed by atoms with van der Waals surface area (Å²) in [6.45, 7) is 6.96. The number of nitrogens with one attached hydrogen (secondary N) is 2. The maximum Gasteiger partial charge on any atom is 0.257 e. The van der Waals surface area contributed by atoms with E-state index >= 15 is 0 Å². The molecule has 1 amide bonds. The average Bonchev–Trinajstić information content (AvgIpc) is 2.85. The van der Waals surface area contributed by atoms with Gasteiger partial charge in [0.1, 0.15) is 5.41 Å². The number of hydrogen-bond donors (Lipinski definition) is 2. The number of amides is 1. The Balaban J connectivity index is 1.86. The standard InChI is InChI=1S/C18H22N2O5S/c1-11-5-7-12(8-6-11)26(24,25)20-19-15(23)18-10-9-17(4,16(18,2)3)13(21)14(18)22/h5-8,20H,9-10H2,1-4H3,(H,19,23). The number of aryl methyl sites for hydroxylation is 1. The van der Waals surface area contributed by atoms with Crippen LogP contribution in [0, 0.1) is 23.2 Å². The van der Waals surface area contributed by atoms with Crippen LogP contribution in [0.2, 0.25) is 0 Å². The lowest BCUT2D eigenvalue weighted by atomic mass is 9.64. The molecule has 1 aromatic rings. The van der Waals surface area contributed by atoms with Crippen molar-refractivity contribution in [3.63, 3.8) is 0 Å². The predicted octanol–water partition coefficient (Wildman–Crippen LogP) is 1.27. The van der Waals surface area contributed by atoms with Crippen LogP contribution >= 0.6 is 0 Å². The van der Waals surface area contributed by atoms with Gasteiger partial charge in [0.25, 0.3) is 10.0 Å². The van der Waals surface area contributed by atoms with Gasteiger partial charge in [0.05, 0.1) is 4.90 Å². The van der Waals surface area contributed by atoms with Crippen LogP contribution in [0.5, 0.6) is 0 Å². The second kappa shape index (κ2) is 5.47. The molecule has 0 aliphatic heterocycles. The molecule has 0 spiro atoms. The monoisotopic (exact) mass is 378 g/mol. The van der Waals surface area contributed by atoms with Gasteiger partial charge in [-0.1, -0.05) is 38.5 Å². The largest absolute Gasteiger partial charge is 0.290 e. The minimum absolute atomic E-state index is 0.00903. The fourth-order valence-electron chi connectivity index (χ4n) is 4.27. The predicted molar refractivity (Wildman–Crippen MR) is 93.2 cm³/mol. The van der Waals surface area contributed by atoms with Gasteiger partial charge >= 0.3 is 0 Å². The number of rotatable bonds is 4. The van der Waals surface area contributed by atoms with Gasteiger partial charge in [-0.25, -0.2) is 8.42 Å². The Morgan fingerprint density at radius 3 is 2.08 bits per heavy atom. The van der Waals surface area contributed by atoms with Gasteiger partial charge < -0.3 is 0 Å². The van der Waals surface area contributed by atoms with Crippen LogP contribution in [0.1, 0.15) is 39.2 Å². The van der Waals surface area contributed by atoms with Crippen molar-refractivity contribution in [1.29, 1.82) is 0 Å². The second-order valence-electron chi connectivity index (χ2n) is 7.89. The third kappa shape index (κ3) is 2.15. The molecular formula is C18H22N2O5S. The van der Waals surface area contributed by atoms with E-state index in [0.29, 0.717) is 6.42 Å². The first kappa shape index (κ1) is 18.7. The fourth-order valence-corrected chi connectivity index (χ4v) is 5.11. The van der Waals surface area contributed by atoms with Gasteiger partial charge in [-0.3, -0.25) is 19.8 Å². The molecule has 1 aromatic carbocycles. The normalized spacial score (nSPS) is 29.8. The number of hydrogen-bond acceptors (Lipinski definition) is 5. The average molecular weight is 378 g/mol. The molecule has 2 bridgehead atoms. The Morgan fingerprint density at radius 2 is 1.58 bits per heavy atom. The SMILES string of the molecule is Cc1ccc(S(=O)(=O)NNC(=O)C23CCC(C)(C(=O)C2=O)C3(C)C)cc1. The van der Waals surface area contributed by atoms with Gasteiger partial charge in [0.15, 0.2) is 0 Å². The third-order valence-corrected chi connectivity index (χ3v) is 7.82. The van der Waals surface area contributed by atoms with E-state index in [4.69, 9.17) is 0 Å². The van der Waals surface area contributed by atoms with E-state index in [1.807, 2.05) is 11.8 Å². The molecule has 0 radical (unpaired) electrons. The molecule has 0 heterocycles. The Bertz CT molecular complexity index is 919. The molecule has 0 saturated heterocycles. The van der Waals surface area contributed by atoms with Crippen LogP contribution in [0.25, 0.3) is 0 Å². The Kier molecular flexibility index (Phi) is 3.94. The van der Waals surface area contributed by atoms with Crippen LogP contribution < -0.4 is 10.3 Å². The maximum absolute atomic E-state index is 12.9. The number of hydrazine groups is 1. The summed E-state index contributed by atoms with van der Waals surface area (Å²) in [6.07, 6.45) is 0.641. The smallest absolute Gasteiger partial charge is 0.257 e. The second-order valence-corrected chi connectivity index (χ2v) is 9.58. The molecule has 140 valence electrons. The Labute approximate surface area is 152 Å². The fraction of sp³-hybridized carbons (Fsp3) is 0.500. The lowest BCUT2D eigenvalue weighted by molar-refractivity contribution is -0.149. The molecular weight excluding hydrogens is 356 g/mol. The van der Waals surface area contributed by atoms with Gasteiger partial charge in [-0.15, -0.1) is 4.83 Å². The van der Waals surface area contributed by atoms with E-state index in [1.54, 1.807) is 32.9 Å². The van der Waals surface area contributed by atoms with E-state index in [0.717, 1.165) is 5.56 Å². The number of ketones is 2. The van der Waals surface area contributed by atoms with Crippen LogP contribution in [0.4, 0.5) is 0 Å². The highest BCUT2D eigenvalue weighted by molar-refractivity contribution is 7.89. The zero-order valence-corrected chi connectivity index (χ0v) is 16.0. The van der Waals surface area contributed by atoms with E-state index in [-0.39, 0.29) is 11.3 Å². The number of Topliss-reactive ketones (excluding diaryl/α,β-unsaturated/α-hetero) is 2. The zero-order chi connectivity index (χ0) is 19.5. The first-order chi connectivity index (χ1) is 11.9. The summed E-state index contributed by atoms with van der Waals surface area (Å²) in [5.74, 6) is -2.06. The summed E-state index contributed by atoms with van der Waals surface area (Å²) in [7, 11) is -3.98. The maximum atomic E-state index is 12.9. The number of carbonyl (C=O) groups is 3. The van der Waals surface area contributed by atoms with E-state index in [2.05, 4.69) is 5.43 Å². The molecule has 0 aromatic heterocycles. The van der Waals surface area contributed by atoms with Crippen LogP contribution in [-0.2, 0) is 24.4 Å². The van der Waals surface area contributed by atoms with E-state index in [9.17, 15) is 22.8 Å². The first-order valence-electron chi connectivity index (χ1n) is 8.38. The van der Waals surface area contributed by atoms with Gasteiger partial charge in [-0.2, -0.15) is 0 Å². The lowest BCUT2D eigenvalue weighted by Gasteiger charge is -2.36. The minimum Gasteiger partial charge on any atom is -0.290 e. The summed E-state index contributed by atoms with van der Waals surface area (Å²) < 4.78 is 24.7. The van der Waals surface area contributed by atoms with Crippen LogP contribution in [0.3, 0.4) is 0 Å².